The molecule has 1 atom stereocenters. The van der Waals surface area contributed by atoms with Gasteiger partial charge in [0.05, 0.1) is 6.42 Å². The highest BCUT2D eigenvalue weighted by Crippen LogP contribution is 2.27. The maximum atomic E-state index is 13.4. The summed E-state index contributed by atoms with van der Waals surface area (Å²) in [5, 5.41) is 12.8. The van der Waals surface area contributed by atoms with Crippen molar-refractivity contribution in [3.8, 4) is 0 Å². The van der Waals surface area contributed by atoms with Crippen LogP contribution in [0.15, 0.2) is 71.1 Å². The minimum absolute atomic E-state index is 0.152. The lowest BCUT2D eigenvalue weighted by atomic mass is 9.96. The van der Waals surface area contributed by atoms with Crippen molar-refractivity contribution >= 4 is 33.9 Å². The second-order valence-corrected chi connectivity index (χ2v) is 8.39. The van der Waals surface area contributed by atoms with Crippen LogP contribution >= 0.6 is 0 Å². The summed E-state index contributed by atoms with van der Waals surface area (Å²) in [4.78, 5) is 40.0. The van der Waals surface area contributed by atoms with Crippen LogP contribution in [0.5, 0.6) is 0 Å². The van der Waals surface area contributed by atoms with Crippen molar-refractivity contribution < 1.29 is 18.8 Å². The molecule has 0 spiro atoms. The maximum absolute atomic E-state index is 13.4. The van der Waals surface area contributed by atoms with Gasteiger partial charge in [0.1, 0.15) is 6.04 Å². The van der Waals surface area contributed by atoms with Crippen LogP contribution < -0.4 is 5.32 Å². The minimum Gasteiger partial charge on any atom is -0.418 e. The lowest BCUT2D eigenvalue weighted by molar-refractivity contribution is -0.119. The predicted octanol–water partition coefficient (Wildman–Crippen LogP) is 4.48. The van der Waals surface area contributed by atoms with Gasteiger partial charge in [0, 0.05) is 31.8 Å². The molecule has 1 heterocycles. The third kappa shape index (κ3) is 5.43. The van der Waals surface area contributed by atoms with Crippen molar-refractivity contribution in [2.45, 2.75) is 25.8 Å². The van der Waals surface area contributed by atoms with Gasteiger partial charge in [0.25, 0.3) is 11.8 Å². The maximum Gasteiger partial charge on any atom is 0.284 e. The van der Waals surface area contributed by atoms with E-state index in [-0.39, 0.29) is 17.6 Å². The number of carbonyl (C=O) groups excluding carboxylic acids is 3. The van der Waals surface area contributed by atoms with Crippen molar-refractivity contribution in [2.75, 3.05) is 19.4 Å². The van der Waals surface area contributed by atoms with Crippen LogP contribution in [-0.2, 0) is 11.2 Å². The monoisotopic (exact) mass is 470 g/mol. The Balaban J connectivity index is 1.66. The fourth-order valence-corrected chi connectivity index (χ4v) is 3.75. The highest BCUT2D eigenvalue weighted by Gasteiger charge is 2.26. The number of aromatic nitrogens is 2. The number of benzene rings is 3. The first-order valence-electron chi connectivity index (χ1n) is 11.3. The number of hydrogen-bond donors (Lipinski definition) is 1. The van der Waals surface area contributed by atoms with E-state index in [4.69, 9.17) is 4.42 Å². The molecule has 4 rings (SSSR count). The molecule has 1 amide bonds. The lowest BCUT2D eigenvalue weighted by Crippen LogP contribution is -2.24. The van der Waals surface area contributed by atoms with E-state index >= 15 is 0 Å². The van der Waals surface area contributed by atoms with Crippen LogP contribution in [0.4, 0.5) is 5.69 Å². The Morgan fingerprint density at radius 1 is 0.943 bits per heavy atom. The fraction of sp³-hybridized carbons (Fsp3) is 0.222. The molecule has 35 heavy (non-hydrogen) atoms. The fourth-order valence-electron chi connectivity index (χ4n) is 3.75. The standard InChI is InChI=1S/C27H26N4O4/c1-4-24-29-30-26(35-24)23(33)16-22(32)25(19-13-12-17-8-5-6-9-18(17)14-19)28-21-11-7-10-20(15-21)27(34)31(2)3/h5-15,25,28H,4,16H2,1-3H3. The molecule has 0 aliphatic heterocycles. The van der Waals surface area contributed by atoms with Gasteiger partial charge in [-0.25, -0.2) is 0 Å². The van der Waals surface area contributed by atoms with Crippen molar-refractivity contribution in [1.82, 2.24) is 15.1 Å². The van der Waals surface area contributed by atoms with Gasteiger partial charge in [0.2, 0.25) is 11.7 Å². The predicted molar refractivity (Wildman–Crippen MR) is 132 cm³/mol. The molecule has 0 bridgehead atoms. The molecule has 8 heteroatoms. The number of carbonyl (C=O) groups is 3. The molecule has 0 aliphatic carbocycles. The van der Waals surface area contributed by atoms with Gasteiger partial charge in [-0.3, -0.25) is 14.4 Å². The molecule has 1 unspecified atom stereocenters. The van der Waals surface area contributed by atoms with E-state index in [1.165, 1.54) is 4.90 Å². The summed E-state index contributed by atoms with van der Waals surface area (Å²) in [6.45, 7) is 1.84. The molecule has 8 nitrogen and oxygen atoms in total. The second-order valence-electron chi connectivity index (χ2n) is 8.39. The number of nitrogens with one attached hydrogen (secondary N) is 1. The van der Waals surface area contributed by atoms with E-state index in [0.29, 0.717) is 29.1 Å². The van der Waals surface area contributed by atoms with Gasteiger partial charge in [0.15, 0.2) is 5.78 Å². The Hall–Kier alpha value is -4.33. The summed E-state index contributed by atoms with van der Waals surface area (Å²) in [6, 6.07) is 19.6. The normalized spacial score (nSPS) is 11.7. The summed E-state index contributed by atoms with van der Waals surface area (Å²) in [5.41, 5.74) is 1.77. The SMILES string of the molecule is CCc1nnc(C(=O)CC(=O)C(Nc2cccc(C(=O)N(C)C)c2)c2ccc3ccccc3c2)o1. The third-order valence-corrected chi connectivity index (χ3v) is 5.60. The topological polar surface area (TPSA) is 105 Å². The molecular weight excluding hydrogens is 444 g/mol. The number of rotatable bonds is 9. The quantitative estimate of drug-likeness (QED) is 0.284. The first kappa shape index (κ1) is 23.8. The van der Waals surface area contributed by atoms with Crippen molar-refractivity contribution in [1.29, 1.82) is 0 Å². The number of ketones is 2. The zero-order valence-electron chi connectivity index (χ0n) is 19.8. The van der Waals surface area contributed by atoms with Gasteiger partial charge in [-0.15, -0.1) is 10.2 Å². The Kier molecular flexibility index (Phi) is 7.01. The number of Topliss-reactive ketones (excluding diaryl/α,β-unsaturated/α-hetero) is 2. The number of fused-ring (bicyclic) bond motifs is 1. The number of hydrogen-bond acceptors (Lipinski definition) is 7. The van der Waals surface area contributed by atoms with Crippen molar-refractivity contribution in [2.24, 2.45) is 0 Å². The largest absolute Gasteiger partial charge is 0.418 e. The van der Waals surface area contributed by atoms with Crippen molar-refractivity contribution in [3.63, 3.8) is 0 Å². The summed E-state index contributed by atoms with van der Waals surface area (Å²) in [5.74, 6) is -0.879. The first-order valence-corrected chi connectivity index (χ1v) is 11.3. The molecule has 0 radical (unpaired) electrons. The van der Waals surface area contributed by atoms with Gasteiger partial charge < -0.3 is 14.6 Å². The van der Waals surface area contributed by atoms with Crippen molar-refractivity contribution in [3.05, 3.63) is 89.6 Å². The van der Waals surface area contributed by atoms with Gasteiger partial charge in [-0.2, -0.15) is 0 Å². The van der Waals surface area contributed by atoms with E-state index in [1.54, 1.807) is 38.4 Å². The number of anilines is 1. The van der Waals surface area contributed by atoms with Crippen LogP contribution in [0.2, 0.25) is 0 Å². The highest BCUT2D eigenvalue weighted by atomic mass is 16.4. The summed E-state index contributed by atoms with van der Waals surface area (Å²) in [6.07, 6.45) is 0.0870. The van der Waals surface area contributed by atoms with E-state index in [2.05, 4.69) is 15.5 Å². The second kappa shape index (κ2) is 10.3. The van der Waals surface area contributed by atoms with E-state index < -0.39 is 18.2 Å². The zero-order chi connectivity index (χ0) is 24.9. The van der Waals surface area contributed by atoms with Crippen LogP contribution in [0, 0.1) is 0 Å². The number of aryl methyl sites for hydroxylation is 1. The molecule has 0 saturated heterocycles. The van der Waals surface area contributed by atoms with Crippen LogP contribution in [0.1, 0.15) is 51.9 Å². The molecule has 178 valence electrons. The van der Waals surface area contributed by atoms with E-state index in [0.717, 1.165) is 10.8 Å². The van der Waals surface area contributed by atoms with Crippen LogP contribution in [-0.4, -0.2) is 46.7 Å². The summed E-state index contributed by atoms with van der Waals surface area (Å²) < 4.78 is 5.33. The van der Waals surface area contributed by atoms with Crippen LogP contribution in [0.25, 0.3) is 10.8 Å². The highest BCUT2D eigenvalue weighted by molar-refractivity contribution is 6.08. The molecule has 1 N–H and O–H groups in total. The van der Waals surface area contributed by atoms with Gasteiger partial charge in [-0.1, -0.05) is 49.4 Å². The molecule has 0 aliphatic rings. The molecule has 1 aromatic heterocycles. The van der Waals surface area contributed by atoms with E-state index in [1.807, 2.05) is 49.4 Å². The Morgan fingerprint density at radius 3 is 2.43 bits per heavy atom. The summed E-state index contributed by atoms with van der Waals surface area (Å²) >= 11 is 0. The average Bonchev–Trinajstić information content (AvgIpc) is 3.36. The Bertz CT molecular complexity index is 1390. The average molecular weight is 471 g/mol. The molecule has 3 aromatic carbocycles. The Morgan fingerprint density at radius 2 is 1.71 bits per heavy atom. The minimum atomic E-state index is -0.832. The number of nitrogens with zero attached hydrogens (tertiary/aromatic N) is 3. The number of amides is 1. The Labute approximate surface area is 203 Å². The van der Waals surface area contributed by atoms with E-state index in [9.17, 15) is 14.4 Å². The van der Waals surface area contributed by atoms with Gasteiger partial charge >= 0.3 is 0 Å². The first-order chi connectivity index (χ1) is 16.9. The summed E-state index contributed by atoms with van der Waals surface area (Å²) in [7, 11) is 3.36. The van der Waals surface area contributed by atoms with Gasteiger partial charge in [-0.05, 0) is 40.6 Å². The molecular formula is C27H26N4O4. The zero-order valence-corrected chi connectivity index (χ0v) is 19.8. The molecule has 4 aromatic rings. The third-order valence-electron chi connectivity index (χ3n) is 5.60. The van der Waals surface area contributed by atoms with Crippen LogP contribution in [0.3, 0.4) is 0 Å². The smallest absolute Gasteiger partial charge is 0.284 e. The molecule has 0 fully saturated rings. The lowest BCUT2D eigenvalue weighted by Gasteiger charge is -2.20. The molecule has 0 saturated carbocycles.